The molecule has 2 aromatic rings. The number of hydrogen-bond acceptors (Lipinski definition) is 11. The van der Waals surface area contributed by atoms with Crippen LogP contribution >= 0.6 is 0 Å². The van der Waals surface area contributed by atoms with Crippen molar-refractivity contribution in [1.29, 1.82) is 0 Å². The molecule has 1 saturated heterocycles. The van der Waals surface area contributed by atoms with E-state index in [1.54, 1.807) is 5.48 Å². The molecule has 4 rings (SSSR count). The Balaban J connectivity index is 1.66. The SMILES string of the molecule is CC#CON1c2c(n(C)c(=O)n(C(=O)NOc3ncccc3OC(F)(F)F)c2=O)NC1N1CCCC(N)C1. The first-order valence-corrected chi connectivity index (χ1v) is 11.2. The molecule has 38 heavy (non-hydrogen) atoms. The summed E-state index contributed by atoms with van der Waals surface area (Å²) in [5.74, 6) is 0.963. The molecule has 0 radical (unpaired) electrons. The highest BCUT2D eigenvalue weighted by Crippen LogP contribution is 2.33. The molecule has 2 aliphatic rings. The number of hydrogen-bond donors (Lipinski definition) is 3. The number of nitrogens with one attached hydrogen (secondary N) is 2. The molecule has 2 atom stereocenters. The number of likely N-dealkylation sites (tertiary alicyclic amines) is 1. The van der Waals surface area contributed by atoms with E-state index in [9.17, 15) is 27.6 Å². The number of fused-ring (bicyclic) bond motifs is 1. The lowest BCUT2D eigenvalue weighted by atomic mass is 10.1. The number of pyridine rings is 1. The second kappa shape index (κ2) is 10.5. The first-order valence-electron chi connectivity index (χ1n) is 11.2. The summed E-state index contributed by atoms with van der Waals surface area (Å²) in [5, 5.41) is 4.17. The van der Waals surface area contributed by atoms with E-state index in [4.69, 9.17) is 15.4 Å². The van der Waals surface area contributed by atoms with Gasteiger partial charge in [0.25, 0.3) is 11.4 Å². The molecule has 4 heterocycles. The van der Waals surface area contributed by atoms with Crippen molar-refractivity contribution in [3.8, 4) is 23.7 Å². The van der Waals surface area contributed by atoms with E-state index in [2.05, 4.69) is 27.1 Å². The molecule has 204 valence electrons. The Morgan fingerprint density at radius 3 is 2.79 bits per heavy atom. The van der Waals surface area contributed by atoms with Crippen molar-refractivity contribution in [2.75, 3.05) is 23.5 Å². The van der Waals surface area contributed by atoms with Gasteiger partial charge in [0.1, 0.15) is 11.9 Å². The van der Waals surface area contributed by atoms with Crippen LogP contribution in [0.25, 0.3) is 0 Å². The Hall–Kier alpha value is -4.43. The molecule has 0 spiro atoms. The van der Waals surface area contributed by atoms with Crippen LogP contribution in [0.2, 0.25) is 0 Å². The summed E-state index contributed by atoms with van der Waals surface area (Å²) in [6.45, 7) is 2.56. The van der Waals surface area contributed by atoms with Gasteiger partial charge in [-0.05, 0) is 25.0 Å². The minimum Gasteiger partial charge on any atom is -0.400 e. The van der Waals surface area contributed by atoms with Gasteiger partial charge >= 0.3 is 18.1 Å². The summed E-state index contributed by atoms with van der Waals surface area (Å²) in [7, 11) is 1.31. The molecule has 0 saturated carbocycles. The zero-order chi connectivity index (χ0) is 27.6. The summed E-state index contributed by atoms with van der Waals surface area (Å²) < 4.78 is 42.9. The van der Waals surface area contributed by atoms with Crippen molar-refractivity contribution in [1.82, 2.24) is 24.5 Å². The molecule has 0 aromatic carbocycles. The van der Waals surface area contributed by atoms with E-state index in [1.807, 2.05) is 4.90 Å². The lowest BCUT2D eigenvalue weighted by molar-refractivity contribution is -0.275. The molecular weight excluding hydrogens is 517 g/mol. The monoisotopic (exact) mass is 540 g/mol. The van der Waals surface area contributed by atoms with Crippen LogP contribution in [-0.4, -0.2) is 56.8 Å². The van der Waals surface area contributed by atoms with E-state index in [1.165, 1.54) is 14.0 Å². The quantitative estimate of drug-likeness (QED) is 0.352. The van der Waals surface area contributed by atoms with Crippen LogP contribution < -0.4 is 42.4 Å². The van der Waals surface area contributed by atoms with Crippen LogP contribution in [0.3, 0.4) is 0 Å². The minimum atomic E-state index is -5.06. The van der Waals surface area contributed by atoms with Crippen molar-refractivity contribution < 1.29 is 32.4 Å². The van der Waals surface area contributed by atoms with E-state index in [0.717, 1.165) is 40.8 Å². The maximum Gasteiger partial charge on any atom is 0.573 e. The first-order chi connectivity index (χ1) is 18.0. The van der Waals surface area contributed by atoms with Crippen LogP contribution in [0.5, 0.6) is 11.6 Å². The molecule has 0 bridgehead atoms. The fourth-order valence-electron chi connectivity index (χ4n) is 4.03. The number of nitrogens with two attached hydrogens (primary N) is 1. The number of carbonyl (C=O) groups is 1. The largest absolute Gasteiger partial charge is 0.573 e. The molecule has 1 amide bonds. The van der Waals surface area contributed by atoms with Gasteiger partial charge in [-0.25, -0.2) is 14.6 Å². The topological polar surface area (TPSA) is 158 Å². The predicted octanol–water partition coefficient (Wildman–Crippen LogP) is 0.243. The third-order valence-corrected chi connectivity index (χ3v) is 5.63. The van der Waals surface area contributed by atoms with E-state index in [0.29, 0.717) is 13.1 Å². The number of aromatic nitrogens is 3. The standard InChI is InChI=1S/C21H23F3N8O6/c1-3-10-36-32-14-15(27-18(32)30-9-5-6-12(25)11-30)29(2)20(35)31(17(14)33)19(34)28-38-16-13(7-4-8-26-16)37-21(22,23)24/h4,7-8,12,18,27H,5-6,9,11,25H2,1-2H3,(H,28,34). The number of hydroxylamine groups is 2. The van der Waals surface area contributed by atoms with Crippen molar-refractivity contribution in [2.45, 2.75) is 38.5 Å². The highest BCUT2D eigenvalue weighted by Gasteiger charge is 2.42. The molecule has 17 heteroatoms. The summed E-state index contributed by atoms with van der Waals surface area (Å²) >= 11 is 0. The lowest BCUT2D eigenvalue weighted by Gasteiger charge is -2.37. The lowest BCUT2D eigenvalue weighted by Crippen LogP contribution is -2.56. The van der Waals surface area contributed by atoms with Crippen LogP contribution in [0, 0.1) is 12.0 Å². The van der Waals surface area contributed by atoms with Gasteiger partial charge in [0.15, 0.2) is 17.7 Å². The number of piperidine rings is 1. The summed E-state index contributed by atoms with van der Waals surface area (Å²) in [6.07, 6.45) is -0.782. The zero-order valence-electron chi connectivity index (χ0n) is 20.1. The number of amides is 1. The van der Waals surface area contributed by atoms with E-state index in [-0.39, 0.29) is 22.1 Å². The van der Waals surface area contributed by atoms with E-state index >= 15 is 0 Å². The van der Waals surface area contributed by atoms with Crippen molar-refractivity contribution >= 4 is 17.5 Å². The van der Waals surface area contributed by atoms with Crippen molar-refractivity contribution in [2.24, 2.45) is 12.8 Å². The van der Waals surface area contributed by atoms with Crippen LogP contribution in [0.15, 0.2) is 27.9 Å². The third kappa shape index (κ3) is 5.31. The highest BCUT2D eigenvalue weighted by molar-refractivity contribution is 5.79. The van der Waals surface area contributed by atoms with Crippen molar-refractivity contribution in [3.05, 3.63) is 39.2 Å². The molecule has 0 aliphatic carbocycles. The van der Waals surface area contributed by atoms with Gasteiger partial charge in [0.05, 0.1) is 0 Å². The minimum absolute atomic E-state index is 0.0533. The van der Waals surface area contributed by atoms with E-state index < -0.39 is 41.6 Å². The van der Waals surface area contributed by atoms with Gasteiger partial charge in [0, 0.05) is 39.3 Å². The number of halogens is 3. The number of alkyl halides is 3. The number of rotatable bonds is 5. The number of carbonyl (C=O) groups excluding carboxylic acids is 1. The van der Waals surface area contributed by atoms with Gasteiger partial charge < -0.3 is 25.5 Å². The van der Waals surface area contributed by atoms with Gasteiger partial charge in [-0.15, -0.1) is 13.2 Å². The molecule has 14 nitrogen and oxygen atoms in total. The Morgan fingerprint density at radius 1 is 1.34 bits per heavy atom. The second-order valence-corrected chi connectivity index (χ2v) is 8.23. The van der Waals surface area contributed by atoms with Crippen LogP contribution in [0.4, 0.5) is 29.5 Å². The van der Waals surface area contributed by atoms with Gasteiger partial charge in [-0.3, -0.25) is 14.3 Å². The number of nitrogens with zero attached hydrogens (tertiary/aromatic N) is 5. The summed E-state index contributed by atoms with van der Waals surface area (Å²) in [6, 6.07) is 0.495. The molecule has 2 unspecified atom stereocenters. The van der Waals surface area contributed by atoms with Gasteiger partial charge in [0.2, 0.25) is 0 Å². The molecule has 4 N–H and O–H groups in total. The molecule has 2 aromatic heterocycles. The second-order valence-electron chi connectivity index (χ2n) is 8.23. The molecule has 2 aliphatic heterocycles. The van der Waals surface area contributed by atoms with Gasteiger partial charge in [-0.2, -0.15) is 15.1 Å². The fourth-order valence-corrected chi connectivity index (χ4v) is 4.03. The Labute approximate surface area is 212 Å². The Kier molecular flexibility index (Phi) is 7.37. The maximum absolute atomic E-state index is 13.4. The summed E-state index contributed by atoms with van der Waals surface area (Å²) in [4.78, 5) is 55.0. The molecular formula is C21H23F3N8O6. The first kappa shape index (κ1) is 26.6. The van der Waals surface area contributed by atoms with Gasteiger partial charge in [-0.1, -0.05) is 5.92 Å². The fraction of sp³-hybridized carbons (Fsp3) is 0.429. The smallest absolute Gasteiger partial charge is 0.400 e. The van der Waals surface area contributed by atoms with Crippen LogP contribution in [0.1, 0.15) is 19.8 Å². The average Bonchev–Trinajstić information content (AvgIpc) is 3.24. The number of ether oxygens (including phenoxy) is 1. The highest BCUT2D eigenvalue weighted by atomic mass is 19.4. The number of anilines is 2. The summed E-state index contributed by atoms with van der Waals surface area (Å²) in [5.41, 5.74) is 5.45. The average molecular weight is 540 g/mol. The predicted molar refractivity (Wildman–Crippen MR) is 125 cm³/mol. The van der Waals surface area contributed by atoms with Crippen LogP contribution in [-0.2, 0) is 11.9 Å². The Bertz CT molecular complexity index is 1400. The Morgan fingerprint density at radius 2 is 2.11 bits per heavy atom. The third-order valence-electron chi connectivity index (χ3n) is 5.63. The maximum atomic E-state index is 13.4. The zero-order valence-corrected chi connectivity index (χ0v) is 20.1. The normalized spacial score (nSPS) is 19.1. The van der Waals surface area contributed by atoms with Crippen molar-refractivity contribution in [3.63, 3.8) is 0 Å². The molecule has 1 fully saturated rings.